The topological polar surface area (TPSA) is 50.1 Å². The minimum absolute atomic E-state index is 0.694. The number of aromatic nitrogens is 4. The van der Waals surface area contributed by atoms with E-state index in [0.717, 1.165) is 17.0 Å². The fourth-order valence-corrected chi connectivity index (χ4v) is 1.49. The molecule has 0 saturated heterocycles. The third-order valence-electron chi connectivity index (χ3n) is 2.35. The first kappa shape index (κ1) is 10.7. The molecule has 0 atom stereocenters. The predicted molar refractivity (Wildman–Crippen MR) is 65.0 cm³/mol. The number of fused-ring (bicyclic) bond motifs is 1. The van der Waals surface area contributed by atoms with Crippen LogP contribution in [0.5, 0.6) is 0 Å². The number of rotatable bonds is 2. The van der Waals surface area contributed by atoms with E-state index >= 15 is 0 Å². The molecule has 0 bridgehead atoms. The molecule has 0 saturated carbocycles. The van der Waals surface area contributed by atoms with Crippen LogP contribution in [-0.4, -0.2) is 47.7 Å². The number of nitrogens with zero attached hydrogens (tertiary/aromatic N) is 6. The Kier molecular flexibility index (Phi) is 2.41. The molecule has 6 nitrogen and oxygen atoms in total. The van der Waals surface area contributed by atoms with E-state index in [-0.39, 0.29) is 0 Å². The lowest BCUT2D eigenvalue weighted by Crippen LogP contribution is -2.17. The zero-order valence-corrected chi connectivity index (χ0v) is 10.3. The van der Waals surface area contributed by atoms with Crippen molar-refractivity contribution in [2.75, 3.05) is 38.0 Å². The number of imidazole rings is 1. The van der Waals surface area contributed by atoms with Crippen LogP contribution in [0.25, 0.3) is 11.2 Å². The molecular formula is C10H16N6. The van der Waals surface area contributed by atoms with Gasteiger partial charge in [0.05, 0.1) is 6.33 Å². The van der Waals surface area contributed by atoms with Crippen LogP contribution in [0.3, 0.4) is 0 Å². The van der Waals surface area contributed by atoms with Gasteiger partial charge in [-0.3, -0.25) is 0 Å². The molecule has 0 radical (unpaired) electrons. The SMILES string of the molecule is CN(C)c1nc(N(C)C)c2ncn(C)c2n1. The van der Waals surface area contributed by atoms with Crippen molar-refractivity contribution in [3.8, 4) is 0 Å². The van der Waals surface area contributed by atoms with Crippen molar-refractivity contribution in [2.45, 2.75) is 0 Å². The standard InChI is InChI=1S/C10H16N6/c1-14(2)8-7-9(16(5)6-11-7)13-10(12-8)15(3)4/h6H,1-5H3. The van der Waals surface area contributed by atoms with Crippen molar-refractivity contribution in [2.24, 2.45) is 7.05 Å². The molecule has 0 aliphatic rings. The highest BCUT2D eigenvalue weighted by Gasteiger charge is 2.13. The molecule has 0 aliphatic carbocycles. The van der Waals surface area contributed by atoms with Gasteiger partial charge in [-0.15, -0.1) is 0 Å². The molecule has 2 heterocycles. The molecule has 0 N–H and O–H groups in total. The van der Waals surface area contributed by atoms with Crippen molar-refractivity contribution in [3.05, 3.63) is 6.33 Å². The lowest BCUT2D eigenvalue weighted by molar-refractivity contribution is 0.916. The van der Waals surface area contributed by atoms with E-state index in [9.17, 15) is 0 Å². The van der Waals surface area contributed by atoms with Crippen molar-refractivity contribution < 1.29 is 0 Å². The van der Waals surface area contributed by atoms with Crippen LogP contribution in [-0.2, 0) is 7.05 Å². The second-order valence-corrected chi connectivity index (χ2v) is 4.16. The maximum Gasteiger partial charge on any atom is 0.228 e. The number of aryl methyl sites for hydroxylation is 1. The summed E-state index contributed by atoms with van der Waals surface area (Å²) in [5.41, 5.74) is 1.68. The molecule has 0 amide bonds. The summed E-state index contributed by atoms with van der Waals surface area (Å²) in [6.07, 6.45) is 1.76. The lowest BCUT2D eigenvalue weighted by Gasteiger charge is -2.16. The summed E-state index contributed by atoms with van der Waals surface area (Å²) in [6, 6.07) is 0. The first-order valence-electron chi connectivity index (χ1n) is 5.04. The predicted octanol–water partition coefficient (Wildman–Crippen LogP) is 0.495. The normalized spacial score (nSPS) is 10.8. The van der Waals surface area contributed by atoms with Crippen LogP contribution in [0.15, 0.2) is 6.33 Å². The molecule has 2 aromatic rings. The molecule has 86 valence electrons. The van der Waals surface area contributed by atoms with E-state index in [1.54, 1.807) is 6.33 Å². The van der Waals surface area contributed by atoms with Gasteiger partial charge in [-0.25, -0.2) is 4.98 Å². The van der Waals surface area contributed by atoms with Crippen LogP contribution >= 0.6 is 0 Å². The molecule has 0 unspecified atom stereocenters. The van der Waals surface area contributed by atoms with Gasteiger partial charge >= 0.3 is 0 Å². The van der Waals surface area contributed by atoms with E-state index in [2.05, 4.69) is 15.0 Å². The number of anilines is 2. The van der Waals surface area contributed by atoms with E-state index in [4.69, 9.17) is 0 Å². The molecule has 0 aromatic carbocycles. The van der Waals surface area contributed by atoms with Gasteiger partial charge in [-0.1, -0.05) is 0 Å². The van der Waals surface area contributed by atoms with E-state index in [1.807, 2.05) is 49.6 Å². The molecular weight excluding hydrogens is 204 g/mol. The fraction of sp³-hybridized carbons (Fsp3) is 0.500. The molecule has 0 spiro atoms. The Morgan fingerprint density at radius 3 is 2.31 bits per heavy atom. The maximum absolute atomic E-state index is 4.48. The lowest BCUT2D eigenvalue weighted by atomic mass is 10.4. The molecule has 16 heavy (non-hydrogen) atoms. The third kappa shape index (κ3) is 1.56. The van der Waals surface area contributed by atoms with Gasteiger partial charge in [-0.2, -0.15) is 9.97 Å². The molecule has 0 aliphatic heterocycles. The first-order chi connectivity index (χ1) is 7.50. The summed E-state index contributed by atoms with van der Waals surface area (Å²) in [5, 5.41) is 0. The van der Waals surface area contributed by atoms with Crippen LogP contribution in [0.4, 0.5) is 11.8 Å². The van der Waals surface area contributed by atoms with Gasteiger partial charge in [0, 0.05) is 35.2 Å². The Hall–Kier alpha value is -1.85. The fourth-order valence-electron chi connectivity index (χ4n) is 1.49. The van der Waals surface area contributed by atoms with Gasteiger partial charge < -0.3 is 14.4 Å². The molecule has 0 fully saturated rings. The highest BCUT2D eigenvalue weighted by Crippen LogP contribution is 2.22. The van der Waals surface area contributed by atoms with E-state index < -0.39 is 0 Å². The van der Waals surface area contributed by atoms with Gasteiger partial charge in [0.2, 0.25) is 5.95 Å². The summed E-state index contributed by atoms with van der Waals surface area (Å²) < 4.78 is 1.90. The minimum atomic E-state index is 0.694. The zero-order chi connectivity index (χ0) is 11.9. The summed E-state index contributed by atoms with van der Waals surface area (Å²) in [6.45, 7) is 0. The second kappa shape index (κ2) is 3.62. The highest BCUT2D eigenvalue weighted by molar-refractivity contribution is 5.84. The van der Waals surface area contributed by atoms with Crippen molar-refractivity contribution in [1.82, 2.24) is 19.5 Å². The van der Waals surface area contributed by atoms with Gasteiger partial charge in [0.25, 0.3) is 0 Å². The second-order valence-electron chi connectivity index (χ2n) is 4.16. The quantitative estimate of drug-likeness (QED) is 0.737. The first-order valence-corrected chi connectivity index (χ1v) is 5.04. The number of hydrogen-bond donors (Lipinski definition) is 0. The summed E-state index contributed by atoms with van der Waals surface area (Å²) in [5.74, 6) is 1.54. The zero-order valence-electron chi connectivity index (χ0n) is 10.3. The van der Waals surface area contributed by atoms with Gasteiger partial charge in [0.1, 0.15) is 0 Å². The van der Waals surface area contributed by atoms with Crippen LogP contribution in [0, 0.1) is 0 Å². The van der Waals surface area contributed by atoms with E-state index in [0.29, 0.717) is 5.95 Å². The Bertz CT molecular complexity index is 513. The van der Waals surface area contributed by atoms with Gasteiger partial charge in [0.15, 0.2) is 17.0 Å². The van der Waals surface area contributed by atoms with Crippen molar-refractivity contribution >= 4 is 22.9 Å². The van der Waals surface area contributed by atoms with Crippen LogP contribution in [0.2, 0.25) is 0 Å². The molecule has 2 aromatic heterocycles. The molecule has 2 rings (SSSR count). The maximum atomic E-state index is 4.48. The average molecular weight is 220 g/mol. The van der Waals surface area contributed by atoms with Crippen molar-refractivity contribution in [3.63, 3.8) is 0 Å². The summed E-state index contributed by atoms with van der Waals surface area (Å²) in [7, 11) is 9.70. The third-order valence-corrected chi connectivity index (χ3v) is 2.35. The van der Waals surface area contributed by atoms with Crippen molar-refractivity contribution in [1.29, 1.82) is 0 Å². The minimum Gasteiger partial charge on any atom is -0.361 e. The summed E-state index contributed by atoms with van der Waals surface area (Å²) in [4.78, 5) is 17.1. The Morgan fingerprint density at radius 1 is 1.06 bits per heavy atom. The Balaban J connectivity index is 2.75. The molecule has 6 heteroatoms. The largest absolute Gasteiger partial charge is 0.361 e. The smallest absolute Gasteiger partial charge is 0.228 e. The Labute approximate surface area is 94.5 Å². The highest BCUT2D eigenvalue weighted by atomic mass is 15.3. The monoisotopic (exact) mass is 220 g/mol. The van der Waals surface area contributed by atoms with Gasteiger partial charge in [-0.05, 0) is 0 Å². The average Bonchev–Trinajstić information content (AvgIpc) is 2.59. The van der Waals surface area contributed by atoms with Crippen LogP contribution < -0.4 is 9.80 Å². The van der Waals surface area contributed by atoms with E-state index in [1.165, 1.54) is 0 Å². The van der Waals surface area contributed by atoms with Crippen LogP contribution in [0.1, 0.15) is 0 Å². The number of hydrogen-bond acceptors (Lipinski definition) is 5. The summed E-state index contributed by atoms with van der Waals surface area (Å²) >= 11 is 0. The Morgan fingerprint density at radius 2 is 1.75 bits per heavy atom.